The quantitative estimate of drug-likeness (QED) is 0.717. The molecule has 0 bridgehead atoms. The second-order valence-electron chi connectivity index (χ2n) is 6.22. The van der Waals surface area contributed by atoms with Gasteiger partial charge in [0, 0.05) is 5.02 Å². The summed E-state index contributed by atoms with van der Waals surface area (Å²) in [5, 5.41) is 11.2. The zero-order valence-electron chi connectivity index (χ0n) is 14.4. The number of aliphatic hydroxyl groups excluding tert-OH is 1. The number of ether oxygens (including phenoxy) is 1. The number of benzene rings is 2. The van der Waals surface area contributed by atoms with Crippen LogP contribution >= 0.6 is 23.2 Å². The van der Waals surface area contributed by atoms with Gasteiger partial charge < -0.3 is 9.84 Å². The van der Waals surface area contributed by atoms with Gasteiger partial charge in [0.25, 0.3) is 5.56 Å². The SMILES string of the molecule is Cc1ccc(OCC(O)Cn2cnc3c(Cl)cc(Cl)cc3c2=O)c(C)c1. The summed E-state index contributed by atoms with van der Waals surface area (Å²) in [5.41, 5.74) is 2.20. The van der Waals surface area contributed by atoms with Crippen molar-refractivity contribution in [1.29, 1.82) is 0 Å². The van der Waals surface area contributed by atoms with Crippen LogP contribution in [0.1, 0.15) is 11.1 Å². The molecule has 0 spiro atoms. The van der Waals surface area contributed by atoms with Crippen LogP contribution in [0.2, 0.25) is 10.0 Å². The van der Waals surface area contributed by atoms with Crippen molar-refractivity contribution in [2.75, 3.05) is 6.61 Å². The standard InChI is InChI=1S/C19H18Cl2N2O3/c1-11-3-4-17(12(2)5-11)26-9-14(24)8-23-10-22-18-15(19(23)25)6-13(20)7-16(18)21/h3-7,10,14,24H,8-9H2,1-2H3. The fraction of sp³-hybridized carbons (Fsp3) is 0.263. The number of aryl methyl sites for hydroxylation is 2. The number of aliphatic hydroxyl groups is 1. The molecule has 0 fully saturated rings. The highest BCUT2D eigenvalue weighted by Crippen LogP contribution is 2.24. The molecule has 7 heteroatoms. The molecule has 0 aliphatic rings. The maximum Gasteiger partial charge on any atom is 0.261 e. The van der Waals surface area contributed by atoms with Gasteiger partial charge >= 0.3 is 0 Å². The maximum absolute atomic E-state index is 12.6. The largest absolute Gasteiger partial charge is 0.491 e. The van der Waals surface area contributed by atoms with Gasteiger partial charge in [0.15, 0.2) is 0 Å². The van der Waals surface area contributed by atoms with Gasteiger partial charge in [0.05, 0.1) is 28.8 Å². The maximum atomic E-state index is 12.6. The van der Waals surface area contributed by atoms with Crippen molar-refractivity contribution in [2.45, 2.75) is 26.5 Å². The molecule has 1 unspecified atom stereocenters. The van der Waals surface area contributed by atoms with E-state index in [4.69, 9.17) is 27.9 Å². The summed E-state index contributed by atoms with van der Waals surface area (Å²) in [6.45, 7) is 4.06. The fourth-order valence-corrected chi connectivity index (χ4v) is 3.29. The first kappa shape index (κ1) is 18.7. The van der Waals surface area contributed by atoms with Crippen LogP contribution in [0.5, 0.6) is 5.75 Å². The number of nitrogens with zero attached hydrogens (tertiary/aromatic N) is 2. The van der Waals surface area contributed by atoms with Crippen molar-refractivity contribution >= 4 is 34.1 Å². The molecule has 5 nitrogen and oxygen atoms in total. The van der Waals surface area contributed by atoms with Crippen LogP contribution in [-0.2, 0) is 6.54 Å². The van der Waals surface area contributed by atoms with Crippen LogP contribution in [0.25, 0.3) is 10.9 Å². The van der Waals surface area contributed by atoms with Crippen LogP contribution in [0.15, 0.2) is 41.5 Å². The molecule has 2 aromatic carbocycles. The van der Waals surface area contributed by atoms with Crippen molar-refractivity contribution < 1.29 is 9.84 Å². The van der Waals surface area contributed by atoms with Crippen LogP contribution in [0.4, 0.5) is 0 Å². The first-order valence-electron chi connectivity index (χ1n) is 8.07. The number of fused-ring (bicyclic) bond motifs is 1. The molecule has 0 amide bonds. The van der Waals surface area contributed by atoms with E-state index < -0.39 is 6.10 Å². The third-order valence-electron chi connectivity index (χ3n) is 4.01. The Hall–Kier alpha value is -2.08. The molecule has 3 aromatic rings. The summed E-state index contributed by atoms with van der Waals surface area (Å²) >= 11 is 12.0. The highest BCUT2D eigenvalue weighted by atomic mass is 35.5. The van der Waals surface area contributed by atoms with Gasteiger partial charge in [0.2, 0.25) is 0 Å². The lowest BCUT2D eigenvalue weighted by atomic mass is 10.1. The smallest absolute Gasteiger partial charge is 0.261 e. The van der Waals surface area contributed by atoms with Crippen molar-refractivity contribution in [3.8, 4) is 5.75 Å². The van der Waals surface area contributed by atoms with Gasteiger partial charge in [-0.15, -0.1) is 0 Å². The van der Waals surface area contributed by atoms with E-state index in [0.29, 0.717) is 26.7 Å². The van der Waals surface area contributed by atoms with Gasteiger partial charge in [-0.3, -0.25) is 9.36 Å². The van der Waals surface area contributed by atoms with Crippen molar-refractivity contribution in [3.63, 3.8) is 0 Å². The molecule has 136 valence electrons. The molecular weight excluding hydrogens is 375 g/mol. The number of hydrogen-bond donors (Lipinski definition) is 1. The van der Waals surface area contributed by atoms with Crippen LogP contribution in [0.3, 0.4) is 0 Å². The van der Waals surface area contributed by atoms with Gasteiger partial charge in [-0.1, -0.05) is 40.9 Å². The number of aromatic nitrogens is 2. The third-order valence-corrected chi connectivity index (χ3v) is 4.52. The van der Waals surface area contributed by atoms with Gasteiger partial charge in [0.1, 0.15) is 18.5 Å². The topological polar surface area (TPSA) is 64.3 Å². The van der Waals surface area contributed by atoms with Gasteiger partial charge in [-0.05, 0) is 37.6 Å². The minimum absolute atomic E-state index is 0.0524. The van der Waals surface area contributed by atoms with E-state index in [1.54, 1.807) is 0 Å². The Kier molecular flexibility index (Phi) is 5.51. The zero-order chi connectivity index (χ0) is 18.8. The lowest BCUT2D eigenvalue weighted by Crippen LogP contribution is -2.30. The van der Waals surface area contributed by atoms with E-state index in [9.17, 15) is 9.90 Å². The molecular formula is C19H18Cl2N2O3. The Morgan fingerprint density at radius 3 is 2.73 bits per heavy atom. The highest BCUT2D eigenvalue weighted by molar-refractivity contribution is 6.38. The Morgan fingerprint density at radius 1 is 1.23 bits per heavy atom. The Morgan fingerprint density at radius 2 is 2.00 bits per heavy atom. The molecule has 0 aliphatic carbocycles. The fourth-order valence-electron chi connectivity index (χ4n) is 2.75. The number of halogens is 2. The average molecular weight is 393 g/mol. The molecule has 3 rings (SSSR count). The normalized spacial score (nSPS) is 12.3. The Balaban J connectivity index is 1.76. The lowest BCUT2D eigenvalue weighted by Gasteiger charge is -2.15. The third kappa shape index (κ3) is 4.01. The zero-order valence-corrected chi connectivity index (χ0v) is 15.9. The van der Waals surface area contributed by atoms with Crippen LogP contribution in [0, 0.1) is 13.8 Å². The summed E-state index contributed by atoms with van der Waals surface area (Å²) < 4.78 is 6.99. The first-order chi connectivity index (χ1) is 12.3. The van der Waals surface area contributed by atoms with Crippen molar-refractivity contribution in [1.82, 2.24) is 9.55 Å². The molecule has 1 atom stereocenters. The van der Waals surface area contributed by atoms with E-state index in [1.165, 1.54) is 23.0 Å². The van der Waals surface area contributed by atoms with Crippen molar-refractivity contribution in [2.24, 2.45) is 0 Å². The second-order valence-corrected chi connectivity index (χ2v) is 7.06. The number of rotatable bonds is 5. The van der Waals surface area contributed by atoms with Crippen LogP contribution in [-0.4, -0.2) is 27.4 Å². The van der Waals surface area contributed by atoms with E-state index in [1.807, 2.05) is 32.0 Å². The van der Waals surface area contributed by atoms with E-state index >= 15 is 0 Å². The van der Waals surface area contributed by atoms with Crippen molar-refractivity contribution in [3.05, 3.63) is 68.2 Å². The Bertz CT molecular complexity index is 1020. The van der Waals surface area contributed by atoms with Gasteiger partial charge in [-0.2, -0.15) is 0 Å². The molecule has 0 saturated heterocycles. The Labute approximate surface area is 160 Å². The summed E-state index contributed by atoms with van der Waals surface area (Å²) in [6, 6.07) is 8.87. The molecule has 0 aliphatic heterocycles. The number of hydrogen-bond acceptors (Lipinski definition) is 4. The van der Waals surface area contributed by atoms with Gasteiger partial charge in [-0.25, -0.2) is 4.98 Å². The summed E-state index contributed by atoms with van der Waals surface area (Å²) in [6.07, 6.45) is 0.493. The minimum Gasteiger partial charge on any atom is -0.491 e. The molecule has 0 radical (unpaired) electrons. The average Bonchev–Trinajstić information content (AvgIpc) is 2.57. The predicted octanol–water partition coefficient (Wildman–Crippen LogP) is 3.76. The molecule has 0 saturated carbocycles. The molecule has 1 N–H and O–H groups in total. The molecule has 1 aromatic heterocycles. The van der Waals surface area contributed by atoms with E-state index in [-0.39, 0.29) is 18.7 Å². The highest BCUT2D eigenvalue weighted by Gasteiger charge is 2.13. The summed E-state index contributed by atoms with van der Waals surface area (Å²) in [7, 11) is 0. The monoisotopic (exact) mass is 392 g/mol. The first-order valence-corrected chi connectivity index (χ1v) is 8.83. The molecule has 1 heterocycles. The summed E-state index contributed by atoms with van der Waals surface area (Å²) in [5.74, 6) is 0.706. The van der Waals surface area contributed by atoms with E-state index in [2.05, 4.69) is 4.98 Å². The second kappa shape index (κ2) is 7.66. The predicted molar refractivity (Wildman–Crippen MR) is 103 cm³/mol. The van der Waals surface area contributed by atoms with Crippen LogP contribution < -0.4 is 10.3 Å². The summed E-state index contributed by atoms with van der Waals surface area (Å²) in [4.78, 5) is 16.8. The molecule has 26 heavy (non-hydrogen) atoms. The lowest BCUT2D eigenvalue weighted by molar-refractivity contribution is 0.0911. The minimum atomic E-state index is -0.873. The van der Waals surface area contributed by atoms with E-state index in [0.717, 1.165) is 11.1 Å².